The number of rotatable bonds is 1. The lowest BCUT2D eigenvalue weighted by molar-refractivity contribution is 1.53. The van der Waals surface area contributed by atoms with Crippen molar-refractivity contribution in [1.82, 2.24) is 0 Å². The van der Waals surface area contributed by atoms with Gasteiger partial charge in [0.15, 0.2) is 0 Å². The number of nitriles is 1. The third-order valence-corrected chi connectivity index (χ3v) is 0.474. The second-order valence-electron chi connectivity index (χ2n) is 1.01. The summed E-state index contributed by atoms with van der Waals surface area (Å²) >= 11 is 0. The minimum absolute atomic E-state index is 1.43. The van der Waals surface area contributed by atoms with Crippen LogP contribution in [0.25, 0.3) is 0 Å². The second-order valence-corrected chi connectivity index (χ2v) is 1.01. The van der Waals surface area contributed by atoms with E-state index in [1.807, 2.05) is 25.1 Å². The van der Waals surface area contributed by atoms with Crippen LogP contribution in [0.4, 0.5) is 0 Å². The molecular weight excluding hydrogens is 86.1 g/mol. The average molecular weight is 93.1 g/mol. The van der Waals surface area contributed by atoms with Gasteiger partial charge in [-0.25, -0.2) is 0 Å². The van der Waals surface area contributed by atoms with Crippen molar-refractivity contribution in [2.24, 2.45) is 0 Å². The fourth-order valence-corrected chi connectivity index (χ4v) is 0.210. The molecule has 0 unspecified atom stereocenters. The van der Waals surface area contributed by atoms with Gasteiger partial charge in [-0.1, -0.05) is 18.2 Å². The van der Waals surface area contributed by atoms with Crippen LogP contribution >= 0.6 is 0 Å². The standard InChI is InChI=1S/C6H7N/c1-2-3-4-5-6-7/h2-5H,1H3/b3-2+,5-4?. The highest BCUT2D eigenvalue weighted by molar-refractivity contribution is 5.10. The van der Waals surface area contributed by atoms with Gasteiger partial charge in [0, 0.05) is 6.08 Å². The lowest BCUT2D eigenvalue weighted by atomic mass is 10.5. The number of hydrogen-bond acceptors (Lipinski definition) is 1. The van der Waals surface area contributed by atoms with Crippen LogP contribution < -0.4 is 0 Å². The van der Waals surface area contributed by atoms with E-state index in [1.54, 1.807) is 6.08 Å². The Bertz CT molecular complexity index is 115. The van der Waals surface area contributed by atoms with Crippen LogP contribution in [-0.2, 0) is 0 Å². The Kier molecular flexibility index (Phi) is 4.24. The van der Waals surface area contributed by atoms with Crippen molar-refractivity contribution in [3.05, 3.63) is 24.3 Å². The molecule has 0 N–H and O–H groups in total. The van der Waals surface area contributed by atoms with Crippen molar-refractivity contribution in [3.8, 4) is 6.07 Å². The molecular formula is C6H7N. The third kappa shape index (κ3) is 4.97. The molecule has 0 aliphatic heterocycles. The number of allylic oxidation sites excluding steroid dienone is 4. The molecule has 36 valence electrons. The average Bonchev–Trinajstić information content (AvgIpc) is 1.69. The summed E-state index contributed by atoms with van der Waals surface area (Å²) < 4.78 is 0. The van der Waals surface area contributed by atoms with Gasteiger partial charge in [0.25, 0.3) is 0 Å². The summed E-state index contributed by atoms with van der Waals surface area (Å²) in [6, 6.07) is 1.87. The molecule has 0 amide bonds. The van der Waals surface area contributed by atoms with Crippen LogP contribution in [0.3, 0.4) is 0 Å². The number of nitrogens with zero attached hydrogens (tertiary/aromatic N) is 1. The lowest BCUT2D eigenvalue weighted by Crippen LogP contribution is -1.43. The first-order valence-corrected chi connectivity index (χ1v) is 2.09. The van der Waals surface area contributed by atoms with E-state index >= 15 is 0 Å². The van der Waals surface area contributed by atoms with Gasteiger partial charge in [0.05, 0.1) is 6.07 Å². The molecule has 0 radical (unpaired) electrons. The Hall–Kier alpha value is -1.03. The van der Waals surface area contributed by atoms with E-state index in [-0.39, 0.29) is 0 Å². The Labute approximate surface area is 43.6 Å². The van der Waals surface area contributed by atoms with Crippen LogP contribution in [0.15, 0.2) is 24.3 Å². The molecule has 0 spiro atoms. The smallest absolute Gasteiger partial charge is 0.0912 e. The second kappa shape index (κ2) is 4.97. The SMILES string of the molecule is C/C=C/C=CC#N. The van der Waals surface area contributed by atoms with Gasteiger partial charge < -0.3 is 0 Å². The maximum atomic E-state index is 7.92. The van der Waals surface area contributed by atoms with Crippen molar-refractivity contribution in [1.29, 1.82) is 5.26 Å². The first-order chi connectivity index (χ1) is 3.41. The summed E-state index contributed by atoms with van der Waals surface area (Å²) in [6.45, 7) is 1.90. The van der Waals surface area contributed by atoms with Crippen molar-refractivity contribution in [2.45, 2.75) is 6.92 Å². The molecule has 0 aliphatic carbocycles. The molecule has 1 heteroatoms. The Morgan fingerprint density at radius 2 is 2.14 bits per heavy atom. The summed E-state index contributed by atoms with van der Waals surface area (Å²) in [4.78, 5) is 0. The largest absolute Gasteiger partial charge is 0.193 e. The van der Waals surface area contributed by atoms with Crippen LogP contribution in [-0.4, -0.2) is 0 Å². The van der Waals surface area contributed by atoms with Gasteiger partial charge in [0.2, 0.25) is 0 Å². The van der Waals surface area contributed by atoms with E-state index in [0.717, 1.165) is 0 Å². The normalized spacial score (nSPS) is 10.3. The van der Waals surface area contributed by atoms with Gasteiger partial charge in [-0.15, -0.1) is 0 Å². The maximum Gasteiger partial charge on any atom is 0.0912 e. The predicted octanol–water partition coefficient (Wildman–Crippen LogP) is 1.64. The minimum Gasteiger partial charge on any atom is -0.193 e. The minimum atomic E-state index is 1.43. The monoisotopic (exact) mass is 93.1 g/mol. The highest BCUT2D eigenvalue weighted by atomic mass is 14.2. The van der Waals surface area contributed by atoms with Crippen molar-refractivity contribution in [2.75, 3.05) is 0 Å². The van der Waals surface area contributed by atoms with Crippen LogP contribution in [0.2, 0.25) is 0 Å². The van der Waals surface area contributed by atoms with Gasteiger partial charge >= 0.3 is 0 Å². The lowest BCUT2D eigenvalue weighted by Gasteiger charge is -1.61. The Balaban J connectivity index is 3.33. The van der Waals surface area contributed by atoms with E-state index in [9.17, 15) is 0 Å². The zero-order chi connectivity index (χ0) is 5.54. The Morgan fingerprint density at radius 3 is 2.57 bits per heavy atom. The van der Waals surface area contributed by atoms with E-state index in [1.165, 1.54) is 6.08 Å². The van der Waals surface area contributed by atoms with Gasteiger partial charge in [-0.3, -0.25) is 0 Å². The summed E-state index contributed by atoms with van der Waals surface area (Å²) in [5.41, 5.74) is 0. The summed E-state index contributed by atoms with van der Waals surface area (Å²) in [6.07, 6.45) is 6.80. The molecule has 0 saturated carbocycles. The fraction of sp³-hybridized carbons (Fsp3) is 0.167. The number of hydrogen-bond donors (Lipinski definition) is 0. The van der Waals surface area contributed by atoms with Crippen molar-refractivity contribution < 1.29 is 0 Å². The third-order valence-electron chi connectivity index (χ3n) is 0.474. The molecule has 0 heterocycles. The summed E-state index contributed by atoms with van der Waals surface area (Å²) in [5.74, 6) is 0. The van der Waals surface area contributed by atoms with Crippen LogP contribution in [0.5, 0.6) is 0 Å². The Morgan fingerprint density at radius 1 is 1.43 bits per heavy atom. The molecule has 0 aromatic heterocycles. The first kappa shape index (κ1) is 5.97. The zero-order valence-corrected chi connectivity index (χ0v) is 4.26. The predicted molar refractivity (Wildman–Crippen MR) is 29.6 cm³/mol. The summed E-state index contributed by atoms with van der Waals surface area (Å²) in [7, 11) is 0. The molecule has 0 bridgehead atoms. The van der Waals surface area contributed by atoms with Gasteiger partial charge in [-0.2, -0.15) is 5.26 Å². The molecule has 7 heavy (non-hydrogen) atoms. The van der Waals surface area contributed by atoms with E-state index in [4.69, 9.17) is 5.26 Å². The van der Waals surface area contributed by atoms with Crippen LogP contribution in [0, 0.1) is 11.3 Å². The van der Waals surface area contributed by atoms with Crippen LogP contribution in [0.1, 0.15) is 6.92 Å². The zero-order valence-electron chi connectivity index (χ0n) is 4.26. The maximum absolute atomic E-state index is 7.92. The molecule has 0 aliphatic rings. The summed E-state index contributed by atoms with van der Waals surface area (Å²) in [5, 5.41) is 7.92. The molecule has 0 aromatic rings. The topological polar surface area (TPSA) is 23.8 Å². The molecule has 0 rings (SSSR count). The van der Waals surface area contributed by atoms with E-state index < -0.39 is 0 Å². The molecule has 1 nitrogen and oxygen atoms in total. The van der Waals surface area contributed by atoms with Gasteiger partial charge in [0.1, 0.15) is 0 Å². The highest BCUT2D eigenvalue weighted by Gasteiger charge is 1.54. The fourth-order valence-electron chi connectivity index (χ4n) is 0.210. The molecule has 0 atom stereocenters. The van der Waals surface area contributed by atoms with E-state index in [2.05, 4.69) is 0 Å². The van der Waals surface area contributed by atoms with Crippen molar-refractivity contribution in [3.63, 3.8) is 0 Å². The molecule has 0 saturated heterocycles. The van der Waals surface area contributed by atoms with Crippen molar-refractivity contribution >= 4 is 0 Å². The molecule has 0 aromatic carbocycles. The first-order valence-electron chi connectivity index (χ1n) is 2.09. The quantitative estimate of drug-likeness (QED) is 0.357. The van der Waals surface area contributed by atoms with Gasteiger partial charge in [-0.05, 0) is 6.92 Å². The highest BCUT2D eigenvalue weighted by Crippen LogP contribution is 1.71. The molecule has 0 fully saturated rings. The van der Waals surface area contributed by atoms with E-state index in [0.29, 0.717) is 0 Å².